The highest BCUT2D eigenvalue weighted by atomic mass is 35.5. The zero-order chi connectivity index (χ0) is 20.8. The first-order valence-electron chi connectivity index (χ1n) is 9.20. The molecule has 0 aliphatic heterocycles. The van der Waals surface area contributed by atoms with Crippen molar-refractivity contribution in [3.05, 3.63) is 108 Å². The molecule has 3 aromatic carbocycles. The Morgan fingerprint density at radius 3 is 2.30 bits per heavy atom. The Kier molecular flexibility index (Phi) is 5.92. The third-order valence-corrected chi connectivity index (χ3v) is 4.37. The SMILES string of the molecule is O=C(Nc1cccc(Oc2ccccc2)c1)c1cccnc1Oc1ccc(Cl)cc1. The molecule has 0 bridgehead atoms. The van der Waals surface area contributed by atoms with Gasteiger partial charge in [-0.25, -0.2) is 4.98 Å². The molecule has 5 nitrogen and oxygen atoms in total. The summed E-state index contributed by atoms with van der Waals surface area (Å²) < 4.78 is 11.6. The average molecular weight is 417 g/mol. The van der Waals surface area contributed by atoms with Crippen LogP contribution in [-0.4, -0.2) is 10.9 Å². The minimum Gasteiger partial charge on any atom is -0.457 e. The lowest BCUT2D eigenvalue weighted by molar-refractivity contribution is 0.102. The fourth-order valence-electron chi connectivity index (χ4n) is 2.72. The molecule has 1 aromatic heterocycles. The van der Waals surface area contributed by atoms with E-state index in [1.54, 1.807) is 54.7 Å². The van der Waals surface area contributed by atoms with Crippen LogP contribution in [0.15, 0.2) is 97.2 Å². The lowest BCUT2D eigenvalue weighted by atomic mass is 10.2. The van der Waals surface area contributed by atoms with Gasteiger partial charge in [-0.3, -0.25) is 4.79 Å². The Labute approximate surface area is 178 Å². The van der Waals surface area contributed by atoms with Crippen LogP contribution in [-0.2, 0) is 0 Å². The van der Waals surface area contributed by atoms with Crippen LogP contribution in [0.5, 0.6) is 23.1 Å². The summed E-state index contributed by atoms with van der Waals surface area (Å²) in [5.74, 6) is 1.72. The van der Waals surface area contributed by atoms with Crippen molar-refractivity contribution in [2.45, 2.75) is 0 Å². The average Bonchev–Trinajstić information content (AvgIpc) is 2.77. The predicted molar refractivity (Wildman–Crippen MR) is 117 cm³/mol. The molecule has 4 aromatic rings. The van der Waals surface area contributed by atoms with Crippen LogP contribution in [0.3, 0.4) is 0 Å². The van der Waals surface area contributed by atoms with E-state index in [0.717, 1.165) is 0 Å². The number of hydrogen-bond acceptors (Lipinski definition) is 4. The van der Waals surface area contributed by atoms with Crippen molar-refractivity contribution in [1.82, 2.24) is 4.98 Å². The molecule has 0 saturated heterocycles. The number of hydrogen-bond donors (Lipinski definition) is 1. The Morgan fingerprint density at radius 1 is 0.767 bits per heavy atom. The van der Waals surface area contributed by atoms with Gasteiger partial charge in [-0.05, 0) is 60.7 Å². The molecule has 30 heavy (non-hydrogen) atoms. The minimum atomic E-state index is -0.344. The highest BCUT2D eigenvalue weighted by Gasteiger charge is 2.15. The van der Waals surface area contributed by atoms with Gasteiger partial charge in [0.1, 0.15) is 22.8 Å². The highest BCUT2D eigenvalue weighted by Crippen LogP contribution is 2.27. The largest absolute Gasteiger partial charge is 0.457 e. The van der Waals surface area contributed by atoms with Crippen LogP contribution in [0.1, 0.15) is 10.4 Å². The normalized spacial score (nSPS) is 10.3. The van der Waals surface area contributed by atoms with E-state index in [2.05, 4.69) is 10.3 Å². The standard InChI is InChI=1S/C24H17ClN2O3/c25-17-11-13-20(14-12-17)30-24-22(10-5-15-26-24)23(28)27-18-6-4-9-21(16-18)29-19-7-2-1-3-8-19/h1-16H,(H,27,28). The fourth-order valence-corrected chi connectivity index (χ4v) is 2.85. The molecule has 0 atom stereocenters. The summed E-state index contributed by atoms with van der Waals surface area (Å²) in [6, 6.07) is 26.8. The molecule has 0 fully saturated rings. The highest BCUT2D eigenvalue weighted by molar-refractivity contribution is 6.30. The van der Waals surface area contributed by atoms with E-state index in [4.69, 9.17) is 21.1 Å². The van der Waals surface area contributed by atoms with E-state index in [1.165, 1.54) is 0 Å². The number of pyridine rings is 1. The van der Waals surface area contributed by atoms with E-state index in [-0.39, 0.29) is 11.8 Å². The molecule has 1 amide bonds. The summed E-state index contributed by atoms with van der Waals surface area (Å²) >= 11 is 5.90. The van der Waals surface area contributed by atoms with Gasteiger partial charge in [0.2, 0.25) is 5.88 Å². The molecule has 1 N–H and O–H groups in total. The quantitative estimate of drug-likeness (QED) is 0.386. The third-order valence-electron chi connectivity index (χ3n) is 4.11. The molecule has 1 heterocycles. The van der Waals surface area contributed by atoms with Gasteiger partial charge in [0.25, 0.3) is 5.91 Å². The zero-order valence-electron chi connectivity index (χ0n) is 15.8. The van der Waals surface area contributed by atoms with Crippen molar-refractivity contribution < 1.29 is 14.3 Å². The molecule has 4 rings (SSSR count). The maximum atomic E-state index is 12.9. The monoisotopic (exact) mass is 416 g/mol. The lowest BCUT2D eigenvalue weighted by Gasteiger charge is -2.11. The van der Waals surface area contributed by atoms with Gasteiger partial charge < -0.3 is 14.8 Å². The molecule has 0 radical (unpaired) electrons. The molecule has 0 spiro atoms. The Balaban J connectivity index is 1.50. The number of para-hydroxylation sites is 1. The van der Waals surface area contributed by atoms with Crippen LogP contribution in [0.4, 0.5) is 5.69 Å². The van der Waals surface area contributed by atoms with E-state index in [9.17, 15) is 4.79 Å². The molecular weight excluding hydrogens is 400 g/mol. The summed E-state index contributed by atoms with van der Waals surface area (Å²) in [5, 5.41) is 3.46. The van der Waals surface area contributed by atoms with Gasteiger partial charge in [0, 0.05) is 23.0 Å². The summed E-state index contributed by atoms with van der Waals surface area (Å²) in [6.45, 7) is 0. The Morgan fingerprint density at radius 2 is 1.50 bits per heavy atom. The lowest BCUT2D eigenvalue weighted by Crippen LogP contribution is -2.13. The molecular formula is C24H17ClN2O3. The number of amides is 1. The first-order valence-corrected chi connectivity index (χ1v) is 9.58. The Hall–Kier alpha value is -3.83. The molecule has 148 valence electrons. The van der Waals surface area contributed by atoms with Crippen molar-refractivity contribution >= 4 is 23.2 Å². The second-order valence-electron chi connectivity index (χ2n) is 6.31. The van der Waals surface area contributed by atoms with Crippen molar-refractivity contribution in [3.8, 4) is 23.1 Å². The first kappa shape index (κ1) is 19.5. The van der Waals surface area contributed by atoms with Crippen molar-refractivity contribution in [1.29, 1.82) is 0 Å². The van der Waals surface area contributed by atoms with Crippen molar-refractivity contribution in [2.24, 2.45) is 0 Å². The fraction of sp³-hybridized carbons (Fsp3) is 0. The van der Waals surface area contributed by atoms with Crippen LogP contribution < -0.4 is 14.8 Å². The van der Waals surface area contributed by atoms with E-state index < -0.39 is 0 Å². The molecule has 6 heteroatoms. The third kappa shape index (κ3) is 4.96. The van der Waals surface area contributed by atoms with Crippen molar-refractivity contribution in [3.63, 3.8) is 0 Å². The summed E-state index contributed by atoms with van der Waals surface area (Å²) in [5.41, 5.74) is 0.900. The first-order chi connectivity index (χ1) is 14.7. The predicted octanol–water partition coefficient (Wildman–Crippen LogP) is 6.57. The number of nitrogens with zero attached hydrogens (tertiary/aromatic N) is 1. The van der Waals surface area contributed by atoms with Crippen LogP contribution in [0, 0.1) is 0 Å². The summed E-state index contributed by atoms with van der Waals surface area (Å²) in [7, 11) is 0. The van der Waals surface area contributed by atoms with Crippen LogP contribution in [0.25, 0.3) is 0 Å². The molecule has 0 unspecified atom stereocenters. The van der Waals surface area contributed by atoms with Gasteiger partial charge in [0.05, 0.1) is 0 Å². The number of anilines is 1. The van der Waals surface area contributed by atoms with Crippen LogP contribution in [0.2, 0.25) is 5.02 Å². The van der Waals surface area contributed by atoms with Crippen molar-refractivity contribution in [2.75, 3.05) is 5.32 Å². The Bertz CT molecular complexity index is 1150. The topological polar surface area (TPSA) is 60.5 Å². The second kappa shape index (κ2) is 9.11. The number of carbonyl (C=O) groups is 1. The van der Waals surface area contributed by atoms with E-state index >= 15 is 0 Å². The number of aromatic nitrogens is 1. The van der Waals surface area contributed by atoms with Gasteiger partial charge >= 0.3 is 0 Å². The van der Waals surface area contributed by atoms with Gasteiger partial charge in [0.15, 0.2) is 0 Å². The van der Waals surface area contributed by atoms with Gasteiger partial charge in [-0.2, -0.15) is 0 Å². The number of ether oxygens (including phenoxy) is 2. The smallest absolute Gasteiger partial charge is 0.261 e. The minimum absolute atomic E-state index is 0.203. The number of rotatable bonds is 6. The second-order valence-corrected chi connectivity index (χ2v) is 6.75. The number of carbonyl (C=O) groups excluding carboxylic acids is 1. The maximum Gasteiger partial charge on any atom is 0.261 e. The number of benzene rings is 3. The zero-order valence-corrected chi connectivity index (χ0v) is 16.5. The van der Waals surface area contributed by atoms with Gasteiger partial charge in [-0.15, -0.1) is 0 Å². The number of nitrogens with one attached hydrogen (secondary N) is 1. The van der Waals surface area contributed by atoms with E-state index in [0.29, 0.717) is 33.5 Å². The molecule has 0 saturated carbocycles. The summed E-state index contributed by atoms with van der Waals surface area (Å²) in [4.78, 5) is 17.0. The van der Waals surface area contributed by atoms with Crippen LogP contribution >= 0.6 is 11.6 Å². The molecule has 0 aliphatic rings. The maximum absolute atomic E-state index is 12.9. The molecule has 0 aliphatic carbocycles. The number of halogens is 1. The van der Waals surface area contributed by atoms with Gasteiger partial charge in [-0.1, -0.05) is 35.9 Å². The summed E-state index contributed by atoms with van der Waals surface area (Å²) in [6.07, 6.45) is 1.57. The van der Waals surface area contributed by atoms with E-state index in [1.807, 2.05) is 42.5 Å².